The van der Waals surface area contributed by atoms with E-state index in [0.717, 1.165) is 59.3 Å². The maximum atomic E-state index is 14.2. The molecule has 2 aliphatic rings. The van der Waals surface area contributed by atoms with E-state index in [1.54, 1.807) is 11.8 Å². The first-order valence-electron chi connectivity index (χ1n) is 14.0. The Morgan fingerprint density at radius 3 is 2.33 bits per heavy atom. The van der Waals surface area contributed by atoms with Crippen LogP contribution in [0.1, 0.15) is 66.5 Å². The second kappa shape index (κ2) is 12.5. The van der Waals surface area contributed by atoms with E-state index in [0.29, 0.717) is 13.0 Å². The first-order valence-corrected chi connectivity index (χ1v) is 14.0. The molecule has 6 nitrogen and oxygen atoms in total. The number of fused-ring (bicyclic) bond motifs is 1. The van der Waals surface area contributed by atoms with Gasteiger partial charge in [0.2, 0.25) is 0 Å². The van der Waals surface area contributed by atoms with E-state index >= 15 is 0 Å². The lowest BCUT2D eigenvalue weighted by Crippen LogP contribution is -2.51. The fraction of sp³-hybridized carbons (Fsp3) is 0.394. The van der Waals surface area contributed by atoms with Gasteiger partial charge < -0.3 is 19.1 Å². The first kappa shape index (κ1) is 26.9. The Hall–Kier alpha value is -3.64. The number of carbonyl (C=O) groups is 2. The van der Waals surface area contributed by atoms with Crippen LogP contribution in [-0.4, -0.2) is 35.5 Å². The molecule has 1 amide bonds. The molecule has 204 valence electrons. The summed E-state index contributed by atoms with van der Waals surface area (Å²) in [5.74, 6) is 0.170. The van der Waals surface area contributed by atoms with Gasteiger partial charge in [-0.15, -0.1) is 0 Å². The smallest absolute Gasteiger partial charge is 0.329 e. The number of aryl methyl sites for hydroxylation is 1. The minimum Gasteiger partial charge on any atom is -0.488 e. The summed E-state index contributed by atoms with van der Waals surface area (Å²) in [7, 11) is 0. The molecule has 6 heteroatoms. The maximum absolute atomic E-state index is 14.2. The fourth-order valence-electron chi connectivity index (χ4n) is 5.64. The highest BCUT2D eigenvalue weighted by molar-refractivity contribution is 5.89. The molecule has 0 N–H and O–H groups in total. The van der Waals surface area contributed by atoms with Crippen LogP contribution in [0.25, 0.3) is 0 Å². The largest absolute Gasteiger partial charge is 0.488 e. The zero-order valence-corrected chi connectivity index (χ0v) is 22.8. The average Bonchev–Trinajstić information content (AvgIpc) is 3.49. The molecule has 0 saturated heterocycles. The van der Waals surface area contributed by atoms with Crippen LogP contribution < -0.4 is 4.74 Å². The van der Waals surface area contributed by atoms with Crippen LogP contribution in [0.5, 0.6) is 5.75 Å². The number of esters is 1. The zero-order valence-electron chi connectivity index (χ0n) is 22.8. The monoisotopic (exact) mass is 527 g/mol. The molecule has 0 spiro atoms. The van der Waals surface area contributed by atoms with Gasteiger partial charge in [-0.05, 0) is 48.9 Å². The van der Waals surface area contributed by atoms with Crippen LogP contribution in [0.4, 0.5) is 0 Å². The number of nitrogens with zero attached hydrogens (tertiary/aromatic N) is 1. The molecule has 1 aliphatic carbocycles. The van der Waals surface area contributed by atoms with Gasteiger partial charge in [-0.2, -0.15) is 0 Å². The molecule has 3 aromatic carbocycles. The van der Waals surface area contributed by atoms with E-state index in [1.165, 1.54) is 0 Å². The van der Waals surface area contributed by atoms with Crippen molar-refractivity contribution in [1.82, 2.24) is 4.90 Å². The minimum atomic E-state index is -0.771. The van der Waals surface area contributed by atoms with Crippen molar-refractivity contribution in [3.63, 3.8) is 0 Å². The summed E-state index contributed by atoms with van der Waals surface area (Å²) in [6.07, 6.45) is 3.70. The quantitative estimate of drug-likeness (QED) is 0.315. The predicted molar refractivity (Wildman–Crippen MR) is 149 cm³/mol. The molecule has 5 rings (SSSR count). The van der Waals surface area contributed by atoms with Crippen LogP contribution in [0.2, 0.25) is 0 Å². The molecule has 0 bridgehead atoms. The van der Waals surface area contributed by atoms with E-state index in [9.17, 15) is 9.59 Å². The Morgan fingerprint density at radius 2 is 1.64 bits per heavy atom. The molecular weight excluding hydrogens is 490 g/mol. The first-order chi connectivity index (χ1) is 19.0. The summed E-state index contributed by atoms with van der Waals surface area (Å²) in [6, 6.07) is 22.9. The van der Waals surface area contributed by atoms with Gasteiger partial charge in [0.1, 0.15) is 18.4 Å². The molecular formula is C33H37NO5. The fourth-order valence-corrected chi connectivity index (χ4v) is 5.64. The van der Waals surface area contributed by atoms with Gasteiger partial charge in [-0.25, -0.2) is 4.79 Å². The van der Waals surface area contributed by atoms with Gasteiger partial charge in [0.25, 0.3) is 5.91 Å². The van der Waals surface area contributed by atoms with Crippen LogP contribution in [0.15, 0.2) is 72.8 Å². The standard InChI is InChI=1S/C33H37NO5/c1-3-37-33(36)29-20-28-26(19-18-23(2)30(28)38-22-24-12-6-4-7-13-24)21-34(29)32(35)31(25-14-8-5-9-15-25)39-27-16-10-11-17-27/h4-9,12-15,18-19,27,29,31H,3,10-11,16-17,20-22H2,1-2H3/t29-,31-/m0/s1. The van der Waals surface area contributed by atoms with Crippen molar-refractivity contribution < 1.29 is 23.8 Å². The maximum Gasteiger partial charge on any atom is 0.329 e. The van der Waals surface area contributed by atoms with Crippen molar-refractivity contribution in [2.75, 3.05) is 6.61 Å². The van der Waals surface area contributed by atoms with Gasteiger partial charge in [-0.1, -0.05) is 85.6 Å². The number of amides is 1. The van der Waals surface area contributed by atoms with Crippen molar-refractivity contribution in [1.29, 1.82) is 0 Å². The minimum absolute atomic E-state index is 0.0397. The summed E-state index contributed by atoms with van der Waals surface area (Å²) in [5.41, 5.74) is 4.81. The van der Waals surface area contributed by atoms with Crippen LogP contribution in [-0.2, 0) is 38.6 Å². The molecule has 2 atom stereocenters. The second-order valence-corrected chi connectivity index (χ2v) is 10.4. The number of benzene rings is 3. The Kier molecular flexibility index (Phi) is 8.62. The third-order valence-electron chi connectivity index (χ3n) is 7.69. The lowest BCUT2D eigenvalue weighted by molar-refractivity contribution is -0.163. The van der Waals surface area contributed by atoms with Gasteiger partial charge in [-0.3, -0.25) is 4.79 Å². The van der Waals surface area contributed by atoms with E-state index in [-0.39, 0.29) is 25.2 Å². The molecule has 1 aliphatic heterocycles. The Morgan fingerprint density at radius 1 is 0.949 bits per heavy atom. The van der Waals surface area contributed by atoms with E-state index in [2.05, 4.69) is 0 Å². The SMILES string of the molecule is CCOC(=O)[C@@H]1Cc2c(ccc(C)c2OCc2ccccc2)CN1C(=O)[C@@H](OC1CCCC1)c1ccccc1. The number of hydrogen-bond acceptors (Lipinski definition) is 5. The highest BCUT2D eigenvalue weighted by Gasteiger charge is 2.41. The third kappa shape index (κ3) is 6.17. The highest BCUT2D eigenvalue weighted by atomic mass is 16.5. The molecule has 1 fully saturated rings. The van der Waals surface area contributed by atoms with Crippen molar-refractivity contribution in [2.45, 2.75) is 77.4 Å². The Balaban J connectivity index is 1.47. The van der Waals surface area contributed by atoms with Crippen molar-refractivity contribution in [3.05, 3.63) is 101 Å². The van der Waals surface area contributed by atoms with E-state index in [1.807, 2.05) is 79.7 Å². The summed E-state index contributed by atoms with van der Waals surface area (Å²) in [5, 5.41) is 0. The molecule has 0 aromatic heterocycles. The molecule has 39 heavy (non-hydrogen) atoms. The van der Waals surface area contributed by atoms with E-state index in [4.69, 9.17) is 14.2 Å². The van der Waals surface area contributed by atoms with E-state index < -0.39 is 18.1 Å². The predicted octanol–water partition coefficient (Wildman–Crippen LogP) is 6.09. The normalized spacial score (nSPS) is 17.9. The van der Waals surface area contributed by atoms with Gasteiger partial charge in [0.15, 0.2) is 6.10 Å². The third-order valence-corrected chi connectivity index (χ3v) is 7.69. The summed E-state index contributed by atoms with van der Waals surface area (Å²) in [4.78, 5) is 29.2. The van der Waals surface area contributed by atoms with Crippen molar-refractivity contribution >= 4 is 11.9 Å². The van der Waals surface area contributed by atoms with Gasteiger partial charge >= 0.3 is 5.97 Å². The highest BCUT2D eigenvalue weighted by Crippen LogP contribution is 2.37. The lowest BCUT2D eigenvalue weighted by atomic mass is 9.90. The lowest BCUT2D eigenvalue weighted by Gasteiger charge is -2.38. The van der Waals surface area contributed by atoms with Gasteiger partial charge in [0.05, 0.1) is 12.7 Å². The van der Waals surface area contributed by atoms with Crippen LogP contribution >= 0.6 is 0 Å². The molecule has 0 unspecified atom stereocenters. The average molecular weight is 528 g/mol. The molecule has 1 heterocycles. The van der Waals surface area contributed by atoms with Crippen molar-refractivity contribution in [3.8, 4) is 5.75 Å². The molecule has 1 saturated carbocycles. The van der Waals surface area contributed by atoms with Crippen molar-refractivity contribution in [2.24, 2.45) is 0 Å². The zero-order chi connectivity index (χ0) is 27.2. The van der Waals surface area contributed by atoms with Crippen LogP contribution in [0, 0.1) is 6.92 Å². The van der Waals surface area contributed by atoms with Crippen LogP contribution in [0.3, 0.4) is 0 Å². The number of rotatable bonds is 9. The summed E-state index contributed by atoms with van der Waals surface area (Å²) >= 11 is 0. The topological polar surface area (TPSA) is 65.1 Å². The number of hydrogen-bond donors (Lipinski definition) is 0. The number of ether oxygens (including phenoxy) is 3. The molecule has 0 radical (unpaired) electrons. The number of carbonyl (C=O) groups excluding carboxylic acids is 2. The Labute approximate surface area is 230 Å². The summed E-state index contributed by atoms with van der Waals surface area (Å²) in [6.45, 7) is 4.76. The second-order valence-electron chi connectivity index (χ2n) is 10.4. The molecule has 3 aromatic rings. The van der Waals surface area contributed by atoms with Gasteiger partial charge in [0, 0.05) is 18.5 Å². The Bertz CT molecular complexity index is 1270. The summed E-state index contributed by atoms with van der Waals surface area (Å²) < 4.78 is 18.3.